The maximum atomic E-state index is 12.9. The van der Waals surface area contributed by atoms with E-state index in [2.05, 4.69) is 20.9 Å². The lowest BCUT2D eigenvalue weighted by Crippen LogP contribution is -1.88. The molecule has 0 aromatic carbocycles. The van der Waals surface area contributed by atoms with Crippen molar-refractivity contribution in [3.63, 3.8) is 0 Å². The Morgan fingerprint density at radius 2 is 2.27 bits per heavy atom. The lowest BCUT2D eigenvalue weighted by Gasteiger charge is -1.91. The lowest BCUT2D eigenvalue weighted by molar-refractivity contribution is 0.568. The van der Waals surface area contributed by atoms with Crippen molar-refractivity contribution < 1.29 is 4.39 Å². The first-order chi connectivity index (χ1) is 5.27. The fourth-order valence-electron chi connectivity index (χ4n) is 0.947. The molecule has 2 aromatic rings. The highest BCUT2D eigenvalue weighted by Crippen LogP contribution is 2.11. The molecule has 0 aliphatic rings. The van der Waals surface area contributed by atoms with Gasteiger partial charge in [0.05, 0.1) is 0 Å². The number of hydrogen-bond acceptors (Lipinski definition) is 1. The average molecular weight is 215 g/mol. The molecule has 11 heavy (non-hydrogen) atoms. The van der Waals surface area contributed by atoms with Crippen LogP contribution in [0.4, 0.5) is 4.39 Å². The summed E-state index contributed by atoms with van der Waals surface area (Å²) in [6.45, 7) is 0. The molecule has 56 valence electrons. The highest BCUT2D eigenvalue weighted by molar-refractivity contribution is 9.10. The van der Waals surface area contributed by atoms with E-state index in [0.717, 1.165) is 0 Å². The smallest absolute Gasteiger partial charge is 0.199 e. The van der Waals surface area contributed by atoms with Crippen LogP contribution in [0, 0.1) is 5.95 Å². The van der Waals surface area contributed by atoms with Gasteiger partial charge in [0, 0.05) is 6.20 Å². The van der Waals surface area contributed by atoms with Crippen LogP contribution in [-0.2, 0) is 0 Å². The predicted molar refractivity (Wildman–Crippen MR) is 42.9 cm³/mol. The molecule has 2 aromatic heterocycles. The summed E-state index contributed by atoms with van der Waals surface area (Å²) in [6, 6.07) is 4.76. The highest BCUT2D eigenvalue weighted by Gasteiger charge is 2.00. The van der Waals surface area contributed by atoms with Crippen molar-refractivity contribution in [2.75, 3.05) is 0 Å². The average Bonchev–Trinajstić information content (AvgIpc) is 2.31. The van der Waals surface area contributed by atoms with E-state index in [-0.39, 0.29) is 5.95 Å². The quantitative estimate of drug-likeness (QED) is 0.616. The van der Waals surface area contributed by atoms with Crippen LogP contribution in [0.25, 0.3) is 5.65 Å². The summed E-state index contributed by atoms with van der Waals surface area (Å²) < 4.78 is 14.9. The molecule has 0 radical (unpaired) electrons. The van der Waals surface area contributed by atoms with E-state index in [0.29, 0.717) is 10.3 Å². The lowest BCUT2D eigenvalue weighted by atomic mass is 10.5. The maximum absolute atomic E-state index is 12.9. The van der Waals surface area contributed by atoms with E-state index in [4.69, 9.17) is 0 Å². The number of fused-ring (bicyclic) bond motifs is 1. The molecule has 0 atom stereocenters. The minimum atomic E-state index is -0.305. The van der Waals surface area contributed by atoms with Crippen molar-refractivity contribution in [1.82, 2.24) is 9.38 Å². The molecule has 0 amide bonds. The van der Waals surface area contributed by atoms with Gasteiger partial charge in [-0.15, -0.1) is 0 Å². The largest absolute Gasteiger partial charge is 0.275 e. The summed E-state index contributed by atoms with van der Waals surface area (Å²) >= 11 is 3.16. The monoisotopic (exact) mass is 214 g/mol. The Bertz CT molecular complexity index is 396. The molecule has 2 heterocycles. The van der Waals surface area contributed by atoms with Gasteiger partial charge in [-0.05, 0) is 28.1 Å². The van der Waals surface area contributed by atoms with Crippen LogP contribution in [0.15, 0.2) is 29.0 Å². The van der Waals surface area contributed by atoms with E-state index in [1.807, 2.05) is 0 Å². The van der Waals surface area contributed by atoms with E-state index in [1.165, 1.54) is 10.5 Å². The van der Waals surface area contributed by atoms with Crippen LogP contribution in [-0.4, -0.2) is 9.38 Å². The number of aromatic nitrogens is 2. The Morgan fingerprint density at radius 1 is 1.45 bits per heavy atom. The number of rotatable bonds is 0. The molecule has 0 aliphatic carbocycles. The van der Waals surface area contributed by atoms with Crippen LogP contribution in [0.2, 0.25) is 0 Å². The zero-order valence-corrected chi connectivity index (χ0v) is 7.05. The van der Waals surface area contributed by atoms with Crippen LogP contribution < -0.4 is 0 Å². The molecule has 0 bridgehead atoms. The summed E-state index contributed by atoms with van der Waals surface area (Å²) in [5, 5.41) is 0. The molecule has 0 fully saturated rings. The van der Waals surface area contributed by atoms with Gasteiger partial charge in [-0.25, -0.2) is 4.98 Å². The van der Waals surface area contributed by atoms with Crippen LogP contribution in [0.1, 0.15) is 0 Å². The number of nitrogens with zero attached hydrogens (tertiary/aromatic N) is 2. The Kier molecular flexibility index (Phi) is 1.42. The van der Waals surface area contributed by atoms with Crippen LogP contribution in [0.3, 0.4) is 0 Å². The standard InChI is InChI=1S/C7H4BrFN2/c8-5-4-11-6(9)2-1-3-7(11)10-5/h1-4H. The Hall–Kier alpha value is -0.900. The molecule has 0 spiro atoms. The number of hydrogen-bond donors (Lipinski definition) is 0. The summed E-state index contributed by atoms with van der Waals surface area (Å²) in [7, 11) is 0. The van der Waals surface area contributed by atoms with Gasteiger partial charge in [0.25, 0.3) is 0 Å². The second-order valence-electron chi connectivity index (χ2n) is 2.14. The number of pyridine rings is 1. The molecule has 0 saturated carbocycles. The van der Waals surface area contributed by atoms with Gasteiger partial charge in [0.15, 0.2) is 5.95 Å². The van der Waals surface area contributed by atoms with E-state index in [9.17, 15) is 4.39 Å². The van der Waals surface area contributed by atoms with Crippen molar-refractivity contribution in [3.05, 3.63) is 34.9 Å². The SMILES string of the molecule is Fc1cccc2nc(Br)cn12. The molecule has 0 unspecified atom stereocenters. The van der Waals surface area contributed by atoms with Crippen molar-refractivity contribution in [2.45, 2.75) is 0 Å². The Morgan fingerprint density at radius 3 is 3.00 bits per heavy atom. The summed E-state index contributed by atoms with van der Waals surface area (Å²) in [5.41, 5.74) is 0.608. The third-order valence-corrected chi connectivity index (χ3v) is 1.80. The van der Waals surface area contributed by atoms with Gasteiger partial charge in [0.2, 0.25) is 0 Å². The normalized spacial score (nSPS) is 10.7. The van der Waals surface area contributed by atoms with E-state index in [1.54, 1.807) is 18.3 Å². The highest BCUT2D eigenvalue weighted by atomic mass is 79.9. The van der Waals surface area contributed by atoms with Crippen LogP contribution >= 0.6 is 15.9 Å². The van der Waals surface area contributed by atoms with Gasteiger partial charge < -0.3 is 0 Å². The van der Waals surface area contributed by atoms with Crippen molar-refractivity contribution in [2.24, 2.45) is 0 Å². The van der Waals surface area contributed by atoms with Crippen molar-refractivity contribution >= 4 is 21.6 Å². The minimum absolute atomic E-state index is 0.305. The number of imidazole rings is 1. The van der Waals surface area contributed by atoms with Crippen LogP contribution in [0.5, 0.6) is 0 Å². The van der Waals surface area contributed by atoms with E-state index >= 15 is 0 Å². The first-order valence-electron chi connectivity index (χ1n) is 3.06. The van der Waals surface area contributed by atoms with Gasteiger partial charge in [-0.3, -0.25) is 4.40 Å². The van der Waals surface area contributed by atoms with Gasteiger partial charge in [-0.2, -0.15) is 4.39 Å². The molecule has 2 rings (SSSR count). The first-order valence-corrected chi connectivity index (χ1v) is 3.86. The summed E-state index contributed by atoms with van der Waals surface area (Å²) in [5.74, 6) is -0.305. The topological polar surface area (TPSA) is 17.3 Å². The first kappa shape index (κ1) is 6.79. The third kappa shape index (κ3) is 1.03. The maximum Gasteiger partial charge on any atom is 0.199 e. The minimum Gasteiger partial charge on any atom is -0.275 e. The van der Waals surface area contributed by atoms with E-state index < -0.39 is 0 Å². The fourth-order valence-corrected chi connectivity index (χ4v) is 1.33. The zero-order valence-electron chi connectivity index (χ0n) is 5.46. The molecule has 2 nitrogen and oxygen atoms in total. The van der Waals surface area contributed by atoms with Crippen molar-refractivity contribution in [1.29, 1.82) is 0 Å². The second kappa shape index (κ2) is 2.30. The zero-order chi connectivity index (χ0) is 7.84. The third-order valence-electron chi connectivity index (χ3n) is 1.41. The van der Waals surface area contributed by atoms with Gasteiger partial charge in [0.1, 0.15) is 10.3 Å². The molecular formula is C7H4BrFN2. The molecule has 0 N–H and O–H groups in total. The fraction of sp³-hybridized carbons (Fsp3) is 0. The van der Waals surface area contributed by atoms with Gasteiger partial charge >= 0.3 is 0 Å². The van der Waals surface area contributed by atoms with Crippen molar-refractivity contribution in [3.8, 4) is 0 Å². The Balaban J connectivity index is 2.90. The summed E-state index contributed by atoms with van der Waals surface area (Å²) in [6.07, 6.45) is 1.59. The molecule has 4 heteroatoms. The second-order valence-corrected chi connectivity index (χ2v) is 2.95. The molecule has 0 saturated heterocycles. The van der Waals surface area contributed by atoms with Gasteiger partial charge in [-0.1, -0.05) is 6.07 Å². The summed E-state index contributed by atoms with van der Waals surface area (Å²) in [4.78, 5) is 4.01. The predicted octanol–water partition coefficient (Wildman–Crippen LogP) is 2.24. The number of halogens is 2. The Labute approximate surface area is 70.8 Å². The molecule has 0 aliphatic heterocycles. The molecular weight excluding hydrogens is 211 g/mol.